The third-order valence-corrected chi connectivity index (χ3v) is 4.27. The van der Waals surface area contributed by atoms with Crippen LogP contribution in [0.5, 0.6) is 17.2 Å². The van der Waals surface area contributed by atoms with Crippen molar-refractivity contribution in [3.05, 3.63) is 59.7 Å². The lowest BCUT2D eigenvalue weighted by atomic mass is 9.90. The van der Waals surface area contributed by atoms with Gasteiger partial charge in [-0.3, -0.25) is 4.79 Å². The monoisotopic (exact) mass is 323 g/mol. The Kier molecular flexibility index (Phi) is 3.61. The van der Waals surface area contributed by atoms with E-state index in [1.54, 1.807) is 7.11 Å². The fourth-order valence-corrected chi connectivity index (χ4v) is 3.00. The summed E-state index contributed by atoms with van der Waals surface area (Å²) in [6.45, 7) is 0.247. The van der Waals surface area contributed by atoms with E-state index in [0.717, 1.165) is 34.1 Å². The summed E-state index contributed by atoms with van der Waals surface area (Å²) >= 11 is 0. The zero-order chi connectivity index (χ0) is 16.5. The van der Waals surface area contributed by atoms with Gasteiger partial charge in [-0.05, 0) is 47.5 Å². The van der Waals surface area contributed by atoms with Crippen molar-refractivity contribution in [2.24, 2.45) is 0 Å². The average molecular weight is 323 g/mol. The second-order valence-electron chi connectivity index (χ2n) is 5.78. The number of hydrogen-bond acceptors (Lipinski definition) is 4. The number of rotatable bonds is 3. The van der Waals surface area contributed by atoms with Gasteiger partial charge in [0.25, 0.3) is 0 Å². The van der Waals surface area contributed by atoms with Gasteiger partial charge in [0, 0.05) is 18.0 Å². The minimum Gasteiger partial charge on any atom is -0.497 e. The molecule has 4 rings (SSSR count). The third kappa shape index (κ3) is 2.69. The Hall–Kier alpha value is -2.95. The van der Waals surface area contributed by atoms with Crippen molar-refractivity contribution in [1.82, 2.24) is 5.32 Å². The van der Waals surface area contributed by atoms with E-state index in [1.807, 2.05) is 42.5 Å². The van der Waals surface area contributed by atoms with Crippen LogP contribution in [0.3, 0.4) is 0 Å². The second kappa shape index (κ2) is 5.92. The zero-order valence-corrected chi connectivity index (χ0v) is 13.2. The third-order valence-electron chi connectivity index (χ3n) is 4.27. The van der Waals surface area contributed by atoms with Crippen LogP contribution in [0.25, 0.3) is 5.70 Å². The van der Waals surface area contributed by atoms with Crippen molar-refractivity contribution in [2.75, 3.05) is 13.9 Å². The van der Waals surface area contributed by atoms with Crippen LogP contribution in [-0.4, -0.2) is 19.8 Å². The molecule has 1 N–H and O–H groups in total. The molecule has 5 nitrogen and oxygen atoms in total. The van der Waals surface area contributed by atoms with E-state index in [4.69, 9.17) is 14.2 Å². The number of fused-ring (bicyclic) bond motifs is 1. The van der Waals surface area contributed by atoms with Gasteiger partial charge in [0.15, 0.2) is 11.5 Å². The van der Waals surface area contributed by atoms with E-state index in [-0.39, 0.29) is 18.6 Å². The Morgan fingerprint density at radius 1 is 1.08 bits per heavy atom. The molecule has 0 spiro atoms. The number of carbonyl (C=O) groups excluding carboxylic acids is 1. The van der Waals surface area contributed by atoms with Gasteiger partial charge < -0.3 is 19.5 Å². The molecule has 2 aromatic carbocycles. The molecule has 122 valence electrons. The van der Waals surface area contributed by atoms with Crippen LogP contribution in [0.2, 0.25) is 0 Å². The first-order chi connectivity index (χ1) is 11.7. The number of amides is 1. The Morgan fingerprint density at radius 2 is 1.88 bits per heavy atom. The lowest BCUT2D eigenvalue weighted by molar-refractivity contribution is -0.120. The van der Waals surface area contributed by atoms with Gasteiger partial charge in [-0.25, -0.2) is 0 Å². The minimum absolute atomic E-state index is 0.00496. The molecule has 1 atom stereocenters. The fourth-order valence-electron chi connectivity index (χ4n) is 3.00. The summed E-state index contributed by atoms with van der Waals surface area (Å²) in [5, 5.41) is 2.95. The molecule has 5 heteroatoms. The van der Waals surface area contributed by atoms with Crippen molar-refractivity contribution >= 4 is 11.6 Å². The van der Waals surface area contributed by atoms with Crippen LogP contribution in [0.15, 0.2) is 48.5 Å². The molecule has 0 radical (unpaired) electrons. The Labute approximate surface area is 139 Å². The summed E-state index contributed by atoms with van der Waals surface area (Å²) in [6.07, 6.45) is 2.50. The summed E-state index contributed by atoms with van der Waals surface area (Å²) < 4.78 is 16.0. The molecule has 1 unspecified atom stereocenters. The molecular weight excluding hydrogens is 306 g/mol. The SMILES string of the molecule is COc1ccc(C2=CC(c3ccc4c(c3)OCO4)CC(=O)N2)cc1. The average Bonchev–Trinajstić information content (AvgIpc) is 3.09. The molecule has 0 bridgehead atoms. The van der Waals surface area contributed by atoms with Gasteiger partial charge in [-0.1, -0.05) is 12.1 Å². The van der Waals surface area contributed by atoms with Gasteiger partial charge in [-0.15, -0.1) is 0 Å². The van der Waals surface area contributed by atoms with Crippen LogP contribution >= 0.6 is 0 Å². The summed E-state index contributed by atoms with van der Waals surface area (Å²) in [6, 6.07) is 13.5. The summed E-state index contributed by atoms with van der Waals surface area (Å²) in [5.74, 6) is 2.28. The Bertz CT molecular complexity index is 811. The van der Waals surface area contributed by atoms with E-state index < -0.39 is 0 Å². The van der Waals surface area contributed by atoms with Gasteiger partial charge in [0.2, 0.25) is 12.7 Å². The maximum atomic E-state index is 12.2. The minimum atomic E-state index is 0.00496. The number of ether oxygens (including phenoxy) is 3. The van der Waals surface area contributed by atoms with Gasteiger partial charge in [0.05, 0.1) is 7.11 Å². The van der Waals surface area contributed by atoms with Crippen molar-refractivity contribution in [3.8, 4) is 17.2 Å². The Balaban J connectivity index is 1.66. The molecule has 0 aliphatic carbocycles. The standard InChI is InChI=1S/C19H17NO4/c1-22-15-5-2-12(3-6-15)16-8-14(10-19(21)20-16)13-4-7-17-18(9-13)24-11-23-17/h2-9,14H,10-11H2,1H3,(H,20,21). The number of nitrogens with one attached hydrogen (secondary N) is 1. The molecular formula is C19H17NO4. The first-order valence-electron chi connectivity index (χ1n) is 7.78. The summed E-state index contributed by atoms with van der Waals surface area (Å²) in [4.78, 5) is 12.2. The molecule has 0 aromatic heterocycles. The number of allylic oxidation sites excluding steroid dienone is 1. The van der Waals surface area contributed by atoms with Gasteiger partial charge in [-0.2, -0.15) is 0 Å². The highest BCUT2D eigenvalue weighted by atomic mass is 16.7. The molecule has 2 heterocycles. The van der Waals surface area contributed by atoms with E-state index in [2.05, 4.69) is 11.4 Å². The quantitative estimate of drug-likeness (QED) is 0.943. The van der Waals surface area contributed by atoms with E-state index in [1.165, 1.54) is 0 Å². The Morgan fingerprint density at radius 3 is 2.67 bits per heavy atom. The lowest BCUT2D eigenvalue weighted by Crippen LogP contribution is -2.28. The first kappa shape index (κ1) is 14.6. The second-order valence-corrected chi connectivity index (χ2v) is 5.78. The molecule has 2 aromatic rings. The predicted molar refractivity (Wildman–Crippen MR) is 89.0 cm³/mol. The predicted octanol–water partition coefficient (Wildman–Crippen LogP) is 3.07. The van der Waals surface area contributed by atoms with Crippen molar-refractivity contribution in [2.45, 2.75) is 12.3 Å². The van der Waals surface area contributed by atoms with Gasteiger partial charge >= 0.3 is 0 Å². The van der Waals surface area contributed by atoms with Gasteiger partial charge in [0.1, 0.15) is 5.75 Å². The topological polar surface area (TPSA) is 56.8 Å². The first-order valence-corrected chi connectivity index (χ1v) is 7.78. The maximum Gasteiger partial charge on any atom is 0.231 e. The van der Waals surface area contributed by atoms with Crippen LogP contribution in [0, 0.1) is 0 Å². The van der Waals surface area contributed by atoms with E-state index in [0.29, 0.717) is 6.42 Å². The largest absolute Gasteiger partial charge is 0.497 e. The lowest BCUT2D eigenvalue weighted by Gasteiger charge is -2.22. The molecule has 2 aliphatic rings. The normalized spacial score (nSPS) is 18.8. The molecule has 0 saturated carbocycles. The van der Waals surface area contributed by atoms with Crippen LogP contribution in [0.4, 0.5) is 0 Å². The highest BCUT2D eigenvalue weighted by Crippen LogP contribution is 2.37. The molecule has 0 fully saturated rings. The smallest absolute Gasteiger partial charge is 0.231 e. The fraction of sp³-hybridized carbons (Fsp3) is 0.211. The summed E-state index contributed by atoms with van der Waals surface area (Å²) in [7, 11) is 1.63. The summed E-state index contributed by atoms with van der Waals surface area (Å²) in [5.41, 5.74) is 2.81. The van der Waals surface area contributed by atoms with Crippen LogP contribution in [0.1, 0.15) is 23.5 Å². The number of methoxy groups -OCH3 is 1. The molecule has 24 heavy (non-hydrogen) atoms. The highest BCUT2D eigenvalue weighted by molar-refractivity contribution is 5.90. The number of carbonyl (C=O) groups is 1. The molecule has 2 aliphatic heterocycles. The van der Waals surface area contributed by atoms with Crippen molar-refractivity contribution in [1.29, 1.82) is 0 Å². The number of benzene rings is 2. The van der Waals surface area contributed by atoms with E-state index in [9.17, 15) is 4.79 Å². The van der Waals surface area contributed by atoms with Crippen LogP contribution in [-0.2, 0) is 4.79 Å². The maximum absolute atomic E-state index is 12.2. The molecule has 0 saturated heterocycles. The zero-order valence-electron chi connectivity index (χ0n) is 13.2. The van der Waals surface area contributed by atoms with Crippen molar-refractivity contribution in [3.63, 3.8) is 0 Å². The van der Waals surface area contributed by atoms with Crippen LogP contribution < -0.4 is 19.5 Å². The highest BCUT2D eigenvalue weighted by Gasteiger charge is 2.24. The van der Waals surface area contributed by atoms with Crippen molar-refractivity contribution < 1.29 is 19.0 Å². The number of hydrogen-bond donors (Lipinski definition) is 1. The molecule has 1 amide bonds. The van der Waals surface area contributed by atoms with E-state index >= 15 is 0 Å².